The number of nitrogens with one attached hydrogen (secondary N) is 1. The van der Waals surface area contributed by atoms with Crippen LogP contribution < -0.4 is 5.32 Å². The molecule has 0 unspecified atom stereocenters. The molecule has 0 bridgehead atoms. The van der Waals surface area contributed by atoms with E-state index in [0.29, 0.717) is 29.3 Å². The summed E-state index contributed by atoms with van der Waals surface area (Å²) < 4.78 is 7.26. The Hall–Kier alpha value is -2.63. The maximum atomic E-state index is 11.8. The quantitative estimate of drug-likeness (QED) is 0.799. The highest BCUT2D eigenvalue weighted by molar-refractivity contribution is 5.90. The lowest BCUT2D eigenvalue weighted by Gasteiger charge is -2.07. The van der Waals surface area contributed by atoms with Crippen LogP contribution in [-0.4, -0.2) is 20.3 Å². The Bertz CT molecular complexity index is 774. The Morgan fingerprint density at radius 3 is 2.95 bits per heavy atom. The van der Waals surface area contributed by atoms with Gasteiger partial charge in [-0.05, 0) is 25.5 Å². The first-order chi connectivity index (χ1) is 10.2. The number of rotatable bonds is 4. The van der Waals surface area contributed by atoms with Crippen LogP contribution in [0.3, 0.4) is 0 Å². The van der Waals surface area contributed by atoms with Crippen LogP contribution in [0.2, 0.25) is 0 Å². The molecule has 3 rings (SSSR count). The SMILES string of the molecule is CCCC(=O)Nc1cn2cc(C)nc2c(-c2ccco2)n1. The van der Waals surface area contributed by atoms with Crippen LogP contribution in [-0.2, 0) is 4.79 Å². The number of amides is 1. The number of carbonyl (C=O) groups is 1. The Balaban J connectivity index is 2.09. The number of imidazole rings is 1. The van der Waals surface area contributed by atoms with E-state index in [0.717, 1.165) is 12.1 Å². The van der Waals surface area contributed by atoms with Crippen LogP contribution in [0.5, 0.6) is 0 Å². The van der Waals surface area contributed by atoms with E-state index in [1.165, 1.54) is 0 Å². The molecular weight excluding hydrogens is 268 g/mol. The normalized spacial score (nSPS) is 11.0. The number of nitrogens with zero attached hydrogens (tertiary/aromatic N) is 3. The number of hydrogen-bond acceptors (Lipinski definition) is 4. The third-order valence-electron chi connectivity index (χ3n) is 3.06. The monoisotopic (exact) mass is 284 g/mol. The smallest absolute Gasteiger partial charge is 0.225 e. The highest BCUT2D eigenvalue weighted by Gasteiger charge is 2.14. The van der Waals surface area contributed by atoms with Gasteiger partial charge in [0.2, 0.25) is 5.91 Å². The van der Waals surface area contributed by atoms with Crippen molar-refractivity contribution < 1.29 is 9.21 Å². The summed E-state index contributed by atoms with van der Waals surface area (Å²) in [6.07, 6.45) is 6.50. The van der Waals surface area contributed by atoms with Crippen molar-refractivity contribution >= 4 is 17.4 Å². The van der Waals surface area contributed by atoms with Crippen LogP contribution in [0.15, 0.2) is 35.2 Å². The summed E-state index contributed by atoms with van der Waals surface area (Å²) in [5.74, 6) is 1.06. The minimum absolute atomic E-state index is 0.0495. The molecule has 0 aliphatic carbocycles. The molecule has 1 amide bonds. The molecule has 0 spiro atoms. The largest absolute Gasteiger partial charge is 0.463 e. The van der Waals surface area contributed by atoms with Gasteiger partial charge in [-0.15, -0.1) is 0 Å². The van der Waals surface area contributed by atoms with Crippen molar-refractivity contribution in [2.24, 2.45) is 0 Å². The van der Waals surface area contributed by atoms with Crippen LogP contribution >= 0.6 is 0 Å². The van der Waals surface area contributed by atoms with Crippen molar-refractivity contribution in [1.29, 1.82) is 0 Å². The number of carbonyl (C=O) groups excluding carboxylic acids is 1. The molecule has 21 heavy (non-hydrogen) atoms. The zero-order chi connectivity index (χ0) is 14.8. The summed E-state index contributed by atoms with van der Waals surface area (Å²) in [6.45, 7) is 3.87. The van der Waals surface area contributed by atoms with E-state index < -0.39 is 0 Å². The van der Waals surface area contributed by atoms with Crippen molar-refractivity contribution in [2.45, 2.75) is 26.7 Å². The minimum Gasteiger partial charge on any atom is -0.463 e. The average Bonchev–Trinajstić information content (AvgIpc) is 3.06. The number of hydrogen-bond donors (Lipinski definition) is 1. The van der Waals surface area contributed by atoms with Gasteiger partial charge < -0.3 is 14.1 Å². The van der Waals surface area contributed by atoms with Crippen molar-refractivity contribution in [2.75, 3.05) is 5.32 Å². The van der Waals surface area contributed by atoms with Crippen LogP contribution in [0.25, 0.3) is 17.1 Å². The summed E-state index contributed by atoms with van der Waals surface area (Å²) >= 11 is 0. The topological polar surface area (TPSA) is 72.4 Å². The Labute approximate surface area is 121 Å². The summed E-state index contributed by atoms with van der Waals surface area (Å²) in [5, 5.41) is 2.81. The summed E-state index contributed by atoms with van der Waals surface area (Å²) in [4.78, 5) is 20.7. The third kappa shape index (κ3) is 2.65. The van der Waals surface area contributed by atoms with Gasteiger partial charge in [0.05, 0.1) is 18.2 Å². The molecule has 1 N–H and O–H groups in total. The van der Waals surface area contributed by atoms with Gasteiger partial charge in [0.25, 0.3) is 0 Å². The second-order valence-corrected chi connectivity index (χ2v) is 4.86. The van der Waals surface area contributed by atoms with Crippen molar-refractivity contribution in [3.8, 4) is 11.5 Å². The van der Waals surface area contributed by atoms with E-state index in [2.05, 4.69) is 15.3 Å². The average molecular weight is 284 g/mol. The maximum absolute atomic E-state index is 11.8. The fraction of sp³-hybridized carbons (Fsp3) is 0.267. The summed E-state index contributed by atoms with van der Waals surface area (Å²) in [6, 6.07) is 3.62. The molecular formula is C15H16N4O2. The number of fused-ring (bicyclic) bond motifs is 1. The second kappa shape index (κ2) is 5.40. The van der Waals surface area contributed by atoms with Crippen LogP contribution in [0, 0.1) is 6.92 Å². The molecule has 0 saturated carbocycles. The van der Waals surface area contributed by atoms with E-state index >= 15 is 0 Å². The van der Waals surface area contributed by atoms with E-state index in [1.54, 1.807) is 18.5 Å². The molecule has 0 fully saturated rings. The lowest BCUT2D eigenvalue weighted by atomic mass is 10.3. The van der Waals surface area contributed by atoms with Gasteiger partial charge in [0, 0.05) is 12.6 Å². The molecule has 108 valence electrons. The third-order valence-corrected chi connectivity index (χ3v) is 3.06. The van der Waals surface area contributed by atoms with Gasteiger partial charge in [-0.1, -0.05) is 6.92 Å². The summed E-state index contributed by atoms with van der Waals surface area (Å²) in [5.41, 5.74) is 2.19. The first kappa shape index (κ1) is 13.4. The molecule has 6 nitrogen and oxygen atoms in total. The number of aromatic nitrogens is 3. The van der Waals surface area contributed by atoms with Crippen molar-refractivity contribution in [1.82, 2.24) is 14.4 Å². The standard InChI is InChI=1S/C15H16N4O2/c1-3-5-13(20)17-12-9-19-8-10(2)16-15(19)14(18-12)11-6-4-7-21-11/h4,6-9H,3,5H2,1-2H3,(H,17,20). The van der Waals surface area contributed by atoms with E-state index in [1.807, 2.05) is 30.5 Å². The lowest BCUT2D eigenvalue weighted by Crippen LogP contribution is -2.13. The molecule has 0 aliphatic rings. The molecule has 0 aromatic carbocycles. The van der Waals surface area contributed by atoms with Crippen LogP contribution in [0.4, 0.5) is 5.82 Å². The Kier molecular flexibility index (Phi) is 3.43. The van der Waals surface area contributed by atoms with Gasteiger partial charge in [0.15, 0.2) is 17.1 Å². The minimum atomic E-state index is -0.0495. The summed E-state index contributed by atoms with van der Waals surface area (Å²) in [7, 11) is 0. The maximum Gasteiger partial charge on any atom is 0.225 e. The van der Waals surface area contributed by atoms with Crippen molar-refractivity contribution in [3.63, 3.8) is 0 Å². The molecule has 0 atom stereocenters. The fourth-order valence-electron chi connectivity index (χ4n) is 2.19. The number of anilines is 1. The molecule has 0 aliphatic heterocycles. The zero-order valence-electron chi connectivity index (χ0n) is 12.0. The highest BCUT2D eigenvalue weighted by atomic mass is 16.3. The molecule has 0 saturated heterocycles. The first-order valence-corrected chi connectivity index (χ1v) is 6.87. The molecule has 3 heterocycles. The van der Waals surface area contributed by atoms with Gasteiger partial charge in [-0.3, -0.25) is 4.79 Å². The fourth-order valence-corrected chi connectivity index (χ4v) is 2.19. The van der Waals surface area contributed by atoms with Gasteiger partial charge in [-0.2, -0.15) is 0 Å². The van der Waals surface area contributed by atoms with Crippen LogP contribution in [0.1, 0.15) is 25.5 Å². The first-order valence-electron chi connectivity index (χ1n) is 6.87. The molecule has 3 aromatic rings. The van der Waals surface area contributed by atoms with E-state index in [4.69, 9.17) is 4.42 Å². The van der Waals surface area contributed by atoms with Gasteiger partial charge in [0.1, 0.15) is 5.82 Å². The predicted octanol–water partition coefficient (Wildman–Crippen LogP) is 3.04. The molecule has 6 heteroatoms. The lowest BCUT2D eigenvalue weighted by molar-refractivity contribution is -0.116. The number of furan rings is 1. The molecule has 0 radical (unpaired) electrons. The molecule has 3 aromatic heterocycles. The highest BCUT2D eigenvalue weighted by Crippen LogP contribution is 2.24. The Morgan fingerprint density at radius 1 is 1.38 bits per heavy atom. The Morgan fingerprint density at radius 2 is 2.24 bits per heavy atom. The van der Waals surface area contributed by atoms with Crippen molar-refractivity contribution in [3.05, 3.63) is 36.5 Å². The van der Waals surface area contributed by atoms with E-state index in [9.17, 15) is 4.79 Å². The predicted molar refractivity (Wildman–Crippen MR) is 79.0 cm³/mol. The van der Waals surface area contributed by atoms with Gasteiger partial charge >= 0.3 is 0 Å². The number of aryl methyl sites for hydroxylation is 1. The van der Waals surface area contributed by atoms with Gasteiger partial charge in [-0.25, -0.2) is 9.97 Å². The van der Waals surface area contributed by atoms with E-state index in [-0.39, 0.29) is 5.91 Å². The zero-order valence-corrected chi connectivity index (χ0v) is 12.0. The second-order valence-electron chi connectivity index (χ2n) is 4.86.